The zero-order valence-electron chi connectivity index (χ0n) is 14.4. The average molecular weight is 351 g/mol. The maximum atomic E-state index is 12.0. The van der Waals surface area contributed by atoms with Gasteiger partial charge in [0.1, 0.15) is 23.8 Å². The predicted octanol–water partition coefficient (Wildman–Crippen LogP) is 2.30. The molecule has 0 fully saturated rings. The fourth-order valence-corrected chi connectivity index (χ4v) is 2.99. The first-order valence-corrected chi connectivity index (χ1v) is 8.16. The van der Waals surface area contributed by atoms with Crippen molar-refractivity contribution in [2.75, 3.05) is 20.6 Å². The van der Waals surface area contributed by atoms with Crippen LogP contribution in [0.1, 0.15) is 5.56 Å². The van der Waals surface area contributed by atoms with E-state index in [1.54, 1.807) is 17.0 Å². The lowest BCUT2D eigenvalue weighted by Gasteiger charge is -2.20. The van der Waals surface area contributed by atoms with Gasteiger partial charge in [0.15, 0.2) is 0 Å². The molecule has 0 bridgehead atoms. The second-order valence-corrected chi connectivity index (χ2v) is 6.41. The summed E-state index contributed by atoms with van der Waals surface area (Å²) in [5.74, 6) is 0.959. The first-order valence-electron chi connectivity index (χ1n) is 8.16. The van der Waals surface area contributed by atoms with Crippen LogP contribution in [0.2, 0.25) is 0 Å². The number of nitrogens with zero attached hydrogens (tertiary/aromatic N) is 2. The summed E-state index contributed by atoms with van der Waals surface area (Å²) >= 11 is 0. The van der Waals surface area contributed by atoms with Crippen LogP contribution >= 0.6 is 0 Å². The van der Waals surface area contributed by atoms with Crippen molar-refractivity contribution in [1.29, 1.82) is 0 Å². The van der Waals surface area contributed by atoms with Gasteiger partial charge in [0, 0.05) is 5.56 Å². The largest absolute Gasteiger partial charge is 0.460 e. The molecule has 4 rings (SSSR count). The van der Waals surface area contributed by atoms with Gasteiger partial charge in [0.05, 0.1) is 17.3 Å². The number of fused-ring (bicyclic) bond motifs is 2. The number of hydrogen-bond donors (Lipinski definition) is 1. The Balaban J connectivity index is 1.71. The van der Waals surface area contributed by atoms with Crippen molar-refractivity contribution < 1.29 is 14.3 Å². The molecule has 2 aromatic carbocycles. The lowest BCUT2D eigenvalue weighted by atomic mass is 9.99. The fraction of sp³-hybridized carbons (Fsp3) is 0.211. The fourth-order valence-electron chi connectivity index (χ4n) is 2.99. The van der Waals surface area contributed by atoms with Crippen LogP contribution in [0.25, 0.3) is 22.0 Å². The third-order valence-electron chi connectivity index (χ3n) is 4.14. The Morgan fingerprint density at radius 2 is 2.08 bits per heavy atom. The van der Waals surface area contributed by atoms with Crippen LogP contribution in [0.3, 0.4) is 0 Å². The topological polar surface area (TPSA) is 84.5 Å². The van der Waals surface area contributed by atoms with E-state index in [0.717, 1.165) is 11.1 Å². The highest BCUT2D eigenvalue weighted by molar-refractivity contribution is 6.01. The molecule has 1 aromatic heterocycles. The number of hydrogen-bond acceptors (Lipinski definition) is 6. The minimum absolute atomic E-state index is 0.161. The van der Waals surface area contributed by atoms with E-state index < -0.39 is 0 Å². The lowest BCUT2D eigenvalue weighted by molar-refractivity contribution is -0.145. The number of carbonyl (C=O) groups excluding carboxylic acids is 1. The molecule has 0 amide bonds. The van der Waals surface area contributed by atoms with Crippen LogP contribution in [0.15, 0.2) is 41.2 Å². The van der Waals surface area contributed by atoms with Gasteiger partial charge in [0.2, 0.25) is 0 Å². The number of nitrogens with one attached hydrogen (secondary N) is 1. The minimum Gasteiger partial charge on any atom is -0.460 e. The van der Waals surface area contributed by atoms with Crippen molar-refractivity contribution >= 4 is 16.7 Å². The minimum atomic E-state index is -0.293. The molecule has 0 aliphatic carbocycles. The summed E-state index contributed by atoms with van der Waals surface area (Å²) in [5, 5.41) is 7.97. The van der Waals surface area contributed by atoms with Gasteiger partial charge in [0.25, 0.3) is 5.56 Å². The van der Waals surface area contributed by atoms with Crippen molar-refractivity contribution in [3.05, 3.63) is 52.3 Å². The van der Waals surface area contributed by atoms with E-state index in [4.69, 9.17) is 9.47 Å². The molecule has 0 unspecified atom stereocenters. The van der Waals surface area contributed by atoms with Crippen LogP contribution in [0.4, 0.5) is 0 Å². The summed E-state index contributed by atoms with van der Waals surface area (Å²) in [6.07, 6.45) is 0. The Morgan fingerprint density at radius 1 is 1.23 bits per heavy atom. The number of carbonyl (C=O) groups is 1. The Hall–Kier alpha value is -3.19. The maximum absolute atomic E-state index is 12.0. The summed E-state index contributed by atoms with van der Waals surface area (Å²) < 4.78 is 11.2. The smallest absolute Gasteiger partial charge is 0.320 e. The maximum Gasteiger partial charge on any atom is 0.320 e. The normalized spacial score (nSPS) is 12.0. The number of ether oxygens (including phenoxy) is 2. The third kappa shape index (κ3) is 2.82. The molecule has 0 atom stereocenters. The molecule has 0 spiro atoms. The van der Waals surface area contributed by atoms with Gasteiger partial charge in [-0.15, -0.1) is 0 Å². The number of esters is 1. The molecule has 26 heavy (non-hydrogen) atoms. The van der Waals surface area contributed by atoms with Gasteiger partial charge in [-0.1, -0.05) is 12.1 Å². The Labute approximate surface area is 149 Å². The van der Waals surface area contributed by atoms with Crippen LogP contribution < -0.4 is 10.3 Å². The van der Waals surface area contributed by atoms with Crippen LogP contribution in [0, 0.1) is 0 Å². The van der Waals surface area contributed by atoms with E-state index in [-0.39, 0.29) is 24.7 Å². The second kappa shape index (κ2) is 6.27. The molecular formula is C19H17N3O4. The highest BCUT2D eigenvalue weighted by atomic mass is 16.5. The number of likely N-dealkylation sites (N-methyl/N-ethyl adjacent to an activating group) is 1. The molecular weight excluding hydrogens is 334 g/mol. The summed E-state index contributed by atoms with van der Waals surface area (Å²) in [5.41, 5.74) is 1.97. The van der Waals surface area contributed by atoms with Gasteiger partial charge < -0.3 is 9.47 Å². The van der Waals surface area contributed by atoms with Crippen LogP contribution in [0.5, 0.6) is 11.5 Å². The molecule has 0 saturated carbocycles. The highest BCUT2D eigenvalue weighted by Gasteiger charge is 2.23. The van der Waals surface area contributed by atoms with Gasteiger partial charge >= 0.3 is 5.97 Å². The molecule has 0 radical (unpaired) electrons. The van der Waals surface area contributed by atoms with E-state index in [2.05, 4.69) is 10.2 Å². The number of H-pyrrole nitrogens is 1. The van der Waals surface area contributed by atoms with Crippen LogP contribution in [-0.4, -0.2) is 41.7 Å². The zero-order chi connectivity index (χ0) is 18.3. The summed E-state index contributed by atoms with van der Waals surface area (Å²) in [6.45, 7) is 0.387. The highest BCUT2D eigenvalue weighted by Crippen LogP contribution is 2.44. The zero-order valence-corrected chi connectivity index (χ0v) is 14.4. The van der Waals surface area contributed by atoms with Crippen molar-refractivity contribution in [1.82, 2.24) is 15.1 Å². The second-order valence-electron chi connectivity index (χ2n) is 6.41. The van der Waals surface area contributed by atoms with E-state index in [1.807, 2.05) is 38.4 Å². The first-order chi connectivity index (χ1) is 12.5. The molecule has 1 N–H and O–H groups in total. The lowest BCUT2D eigenvalue weighted by Crippen LogP contribution is -2.23. The van der Waals surface area contributed by atoms with Crippen molar-refractivity contribution in [3.63, 3.8) is 0 Å². The Bertz CT molecular complexity index is 1070. The summed E-state index contributed by atoms with van der Waals surface area (Å²) in [7, 11) is 3.62. The molecule has 7 nitrogen and oxygen atoms in total. The average Bonchev–Trinajstić information content (AvgIpc) is 2.62. The standard InChI is InChI=1S/C19H17N3O4/c1-22(2)9-16(23)25-10-11-6-7-14-13(8-11)18-17-12(19(24)21-20-18)4-3-5-15(17)26-14/h3-8H,9-10H2,1-2H3,(H,21,24). The van der Waals surface area contributed by atoms with Gasteiger partial charge in [-0.2, -0.15) is 5.10 Å². The quantitative estimate of drug-likeness (QED) is 0.568. The summed E-state index contributed by atoms with van der Waals surface area (Å²) in [6, 6.07) is 10.9. The molecule has 7 heteroatoms. The number of aromatic nitrogens is 2. The van der Waals surface area contributed by atoms with E-state index in [9.17, 15) is 9.59 Å². The van der Waals surface area contributed by atoms with Gasteiger partial charge in [-0.3, -0.25) is 14.5 Å². The molecule has 2 heterocycles. The molecule has 3 aromatic rings. The van der Waals surface area contributed by atoms with E-state index >= 15 is 0 Å². The first kappa shape index (κ1) is 16.3. The van der Waals surface area contributed by atoms with Gasteiger partial charge in [-0.05, 0) is 43.9 Å². The van der Waals surface area contributed by atoms with E-state index in [1.165, 1.54) is 0 Å². The number of benzene rings is 2. The van der Waals surface area contributed by atoms with Crippen molar-refractivity contribution in [2.45, 2.75) is 6.61 Å². The molecule has 1 aliphatic rings. The SMILES string of the molecule is CN(C)CC(=O)OCc1ccc2c(c1)-c1n[nH]c(=O)c3cccc(c13)O2. The molecule has 1 aliphatic heterocycles. The predicted molar refractivity (Wildman–Crippen MR) is 96.2 cm³/mol. The monoisotopic (exact) mass is 351 g/mol. The Morgan fingerprint density at radius 3 is 2.88 bits per heavy atom. The molecule has 0 saturated heterocycles. The molecule has 132 valence electrons. The van der Waals surface area contributed by atoms with Crippen LogP contribution in [-0.2, 0) is 16.1 Å². The summed E-state index contributed by atoms with van der Waals surface area (Å²) in [4.78, 5) is 25.5. The van der Waals surface area contributed by atoms with Gasteiger partial charge in [-0.25, -0.2) is 5.10 Å². The van der Waals surface area contributed by atoms with E-state index in [0.29, 0.717) is 28.0 Å². The third-order valence-corrected chi connectivity index (χ3v) is 4.14. The van der Waals surface area contributed by atoms with Crippen molar-refractivity contribution in [3.8, 4) is 22.8 Å². The number of aromatic amines is 1. The number of rotatable bonds is 4. The Kier molecular flexibility index (Phi) is 3.93. The van der Waals surface area contributed by atoms with Crippen molar-refractivity contribution in [2.24, 2.45) is 0 Å².